The van der Waals surface area contributed by atoms with Gasteiger partial charge in [-0.15, -0.1) is 6.42 Å². The second kappa shape index (κ2) is 2.98. The maximum absolute atomic E-state index is 11.7. The van der Waals surface area contributed by atoms with Crippen molar-refractivity contribution in [1.29, 1.82) is 0 Å². The maximum atomic E-state index is 11.7. The summed E-state index contributed by atoms with van der Waals surface area (Å²) >= 11 is 0. The van der Waals surface area contributed by atoms with E-state index in [-0.39, 0.29) is 6.10 Å². The van der Waals surface area contributed by atoms with Crippen molar-refractivity contribution in [3.63, 3.8) is 0 Å². The van der Waals surface area contributed by atoms with Gasteiger partial charge in [-0.1, -0.05) is 5.92 Å². The van der Waals surface area contributed by atoms with Crippen molar-refractivity contribution in [1.82, 2.24) is 4.67 Å². The molecule has 3 nitrogen and oxygen atoms in total. The molecular weight excluding hydrogens is 161 g/mol. The zero-order chi connectivity index (χ0) is 8.48. The van der Waals surface area contributed by atoms with Crippen molar-refractivity contribution in [3.05, 3.63) is 0 Å². The van der Waals surface area contributed by atoms with Crippen LogP contribution in [-0.2, 0) is 9.09 Å². The van der Waals surface area contributed by atoms with Crippen LogP contribution in [0.15, 0.2) is 0 Å². The molecule has 0 bridgehead atoms. The zero-order valence-electron chi connectivity index (χ0n) is 6.78. The Bertz CT molecular complexity index is 231. The number of hydrogen-bond acceptors (Lipinski definition) is 2. The van der Waals surface area contributed by atoms with Gasteiger partial charge in [0.1, 0.15) is 6.10 Å². The highest BCUT2D eigenvalue weighted by molar-refractivity contribution is 7.56. The molecule has 0 aromatic carbocycles. The van der Waals surface area contributed by atoms with Crippen LogP contribution in [-0.4, -0.2) is 31.0 Å². The molecule has 0 aliphatic carbocycles. The summed E-state index contributed by atoms with van der Waals surface area (Å²) in [5.41, 5.74) is 0. The molecule has 0 N–H and O–H groups in total. The molecule has 11 heavy (non-hydrogen) atoms. The molecule has 1 heterocycles. The molecule has 0 radical (unpaired) electrons. The number of hydrogen-bond donors (Lipinski definition) is 0. The van der Waals surface area contributed by atoms with E-state index in [0.717, 1.165) is 0 Å². The fourth-order valence-electron chi connectivity index (χ4n) is 0.993. The third kappa shape index (κ3) is 1.65. The summed E-state index contributed by atoms with van der Waals surface area (Å²) in [6.07, 6.45) is 6.19. The normalized spacial score (nSPS) is 37.5. The molecule has 1 unspecified atom stereocenters. The van der Waals surface area contributed by atoms with E-state index < -0.39 is 7.52 Å². The first-order valence-corrected chi connectivity index (χ1v) is 5.26. The third-order valence-corrected chi connectivity index (χ3v) is 4.39. The van der Waals surface area contributed by atoms with Crippen LogP contribution >= 0.6 is 7.52 Å². The SMILES string of the molecule is C#C[C@@H]1CCP(=O)(N(C)C)O1. The van der Waals surface area contributed by atoms with Crippen molar-refractivity contribution < 1.29 is 9.09 Å². The molecular formula is C7H12NO2P. The van der Waals surface area contributed by atoms with Gasteiger partial charge in [-0.05, 0) is 20.5 Å². The Labute approximate surface area is 67.2 Å². The summed E-state index contributed by atoms with van der Waals surface area (Å²) < 4.78 is 18.5. The smallest absolute Gasteiger partial charge is 0.273 e. The van der Waals surface area contributed by atoms with Gasteiger partial charge in [0.15, 0.2) is 0 Å². The van der Waals surface area contributed by atoms with Gasteiger partial charge >= 0.3 is 0 Å². The van der Waals surface area contributed by atoms with Gasteiger partial charge in [-0.2, -0.15) is 0 Å². The molecule has 0 aromatic heterocycles. The summed E-state index contributed by atoms with van der Waals surface area (Å²) in [6.45, 7) is 0. The van der Waals surface area contributed by atoms with Crippen LogP contribution in [0.1, 0.15) is 6.42 Å². The van der Waals surface area contributed by atoms with Crippen LogP contribution in [0, 0.1) is 12.3 Å². The van der Waals surface area contributed by atoms with Crippen LogP contribution < -0.4 is 0 Å². The van der Waals surface area contributed by atoms with E-state index in [4.69, 9.17) is 10.9 Å². The van der Waals surface area contributed by atoms with Crippen LogP contribution in [0.2, 0.25) is 0 Å². The topological polar surface area (TPSA) is 29.5 Å². The van der Waals surface area contributed by atoms with Gasteiger partial charge in [0, 0.05) is 6.16 Å². The average Bonchev–Trinajstić information content (AvgIpc) is 2.33. The lowest BCUT2D eigenvalue weighted by Crippen LogP contribution is -2.09. The Kier molecular flexibility index (Phi) is 2.39. The summed E-state index contributed by atoms with van der Waals surface area (Å²) in [5, 5.41) is 0. The summed E-state index contributed by atoms with van der Waals surface area (Å²) in [6, 6.07) is 0. The van der Waals surface area contributed by atoms with Crippen molar-refractivity contribution in [2.75, 3.05) is 20.3 Å². The Hall–Kier alpha value is -0.290. The first-order valence-electron chi connectivity index (χ1n) is 3.50. The Morgan fingerprint density at radius 2 is 2.36 bits per heavy atom. The second-order valence-electron chi connectivity index (χ2n) is 2.76. The molecule has 0 spiro atoms. The Balaban J connectivity index is 2.67. The summed E-state index contributed by atoms with van der Waals surface area (Å²) in [7, 11) is 0.976. The second-order valence-corrected chi connectivity index (χ2v) is 5.49. The molecule has 1 saturated heterocycles. The van der Waals surface area contributed by atoms with Crippen LogP contribution in [0.5, 0.6) is 0 Å². The minimum Gasteiger partial charge on any atom is -0.301 e. The van der Waals surface area contributed by atoms with Crippen molar-refractivity contribution in [2.24, 2.45) is 0 Å². The lowest BCUT2D eigenvalue weighted by atomic mass is 10.3. The lowest BCUT2D eigenvalue weighted by Gasteiger charge is -2.18. The van der Waals surface area contributed by atoms with Gasteiger partial charge < -0.3 is 4.52 Å². The van der Waals surface area contributed by atoms with Gasteiger partial charge in [0.25, 0.3) is 7.52 Å². The highest BCUT2D eigenvalue weighted by Gasteiger charge is 2.36. The van der Waals surface area contributed by atoms with Crippen LogP contribution in [0.4, 0.5) is 0 Å². The van der Waals surface area contributed by atoms with E-state index in [1.54, 1.807) is 18.8 Å². The fraction of sp³-hybridized carbons (Fsp3) is 0.714. The minimum absolute atomic E-state index is 0.247. The number of rotatable bonds is 1. The zero-order valence-corrected chi connectivity index (χ0v) is 7.67. The molecule has 62 valence electrons. The van der Waals surface area contributed by atoms with Crippen molar-refractivity contribution >= 4 is 7.52 Å². The molecule has 0 aromatic rings. The summed E-state index contributed by atoms with van der Waals surface area (Å²) in [5.74, 6) is 2.45. The van der Waals surface area contributed by atoms with E-state index in [1.165, 1.54) is 0 Å². The first kappa shape index (κ1) is 8.80. The van der Waals surface area contributed by atoms with Gasteiger partial charge in [-0.3, -0.25) is 4.57 Å². The molecule has 2 atom stereocenters. The lowest BCUT2D eigenvalue weighted by molar-refractivity contribution is 0.268. The standard InChI is InChI=1S/C7H12NO2P/c1-4-7-5-6-11(9,10-7)8(2)3/h1,7H,5-6H2,2-3H3/t7-,11?/m1/s1. The molecule has 0 saturated carbocycles. The quantitative estimate of drug-likeness (QED) is 0.440. The molecule has 4 heteroatoms. The van der Waals surface area contributed by atoms with Crippen LogP contribution in [0.25, 0.3) is 0 Å². The monoisotopic (exact) mass is 173 g/mol. The Morgan fingerprint density at radius 3 is 2.64 bits per heavy atom. The number of nitrogens with zero attached hydrogens (tertiary/aromatic N) is 1. The highest BCUT2D eigenvalue weighted by atomic mass is 31.2. The van der Waals surface area contributed by atoms with Gasteiger partial charge in [-0.25, -0.2) is 4.67 Å². The average molecular weight is 173 g/mol. The van der Waals surface area contributed by atoms with E-state index in [0.29, 0.717) is 12.6 Å². The Morgan fingerprint density at radius 1 is 1.73 bits per heavy atom. The maximum Gasteiger partial charge on any atom is 0.273 e. The summed E-state index contributed by atoms with van der Waals surface area (Å²) in [4.78, 5) is 0. The number of terminal acetylenes is 1. The largest absolute Gasteiger partial charge is 0.301 e. The predicted molar refractivity (Wildman–Crippen MR) is 44.5 cm³/mol. The van der Waals surface area contributed by atoms with Crippen molar-refractivity contribution in [3.8, 4) is 12.3 Å². The molecule has 1 aliphatic rings. The predicted octanol–water partition coefficient (Wildman–Crippen LogP) is 1.16. The third-order valence-electron chi connectivity index (χ3n) is 1.76. The van der Waals surface area contributed by atoms with Gasteiger partial charge in [0.05, 0.1) is 0 Å². The van der Waals surface area contributed by atoms with E-state index in [9.17, 15) is 4.57 Å². The first-order chi connectivity index (χ1) is 5.08. The fourth-order valence-corrected chi connectivity index (χ4v) is 2.81. The molecule has 0 amide bonds. The van der Waals surface area contributed by atoms with E-state index >= 15 is 0 Å². The molecule has 1 fully saturated rings. The van der Waals surface area contributed by atoms with E-state index in [1.807, 2.05) is 0 Å². The minimum atomic E-state index is -2.52. The van der Waals surface area contributed by atoms with Crippen molar-refractivity contribution in [2.45, 2.75) is 12.5 Å². The highest BCUT2D eigenvalue weighted by Crippen LogP contribution is 2.55. The molecule has 1 aliphatic heterocycles. The molecule has 1 rings (SSSR count). The van der Waals surface area contributed by atoms with Crippen LogP contribution in [0.3, 0.4) is 0 Å². The van der Waals surface area contributed by atoms with Gasteiger partial charge in [0.2, 0.25) is 0 Å². The van der Waals surface area contributed by atoms with E-state index in [2.05, 4.69) is 5.92 Å².